The Kier molecular flexibility index (Phi) is 9.66. The number of benzene rings is 3. The molecule has 4 fully saturated rings. The van der Waals surface area contributed by atoms with Crippen LogP contribution in [0, 0.1) is 35.2 Å². The summed E-state index contributed by atoms with van der Waals surface area (Å²) in [5.74, 6) is 3.82. The summed E-state index contributed by atoms with van der Waals surface area (Å²) < 4.78 is 1.55. The molecule has 0 aromatic heterocycles. The molecular formula is C52H60Zr. The van der Waals surface area contributed by atoms with E-state index in [4.69, 9.17) is 0 Å². The van der Waals surface area contributed by atoms with Gasteiger partial charge in [-0.05, 0) is 97.8 Å². The summed E-state index contributed by atoms with van der Waals surface area (Å²) in [6.45, 7) is 20.5. The van der Waals surface area contributed by atoms with Gasteiger partial charge in [-0.3, -0.25) is 6.08 Å². The monoisotopic (exact) mass is 774 g/mol. The van der Waals surface area contributed by atoms with Gasteiger partial charge < -0.3 is 0 Å². The van der Waals surface area contributed by atoms with E-state index >= 15 is 0 Å². The Bertz CT molecular complexity index is 2100. The predicted molar refractivity (Wildman–Crippen MR) is 226 cm³/mol. The third kappa shape index (κ3) is 7.01. The minimum atomic E-state index is 0.139. The van der Waals surface area contributed by atoms with Gasteiger partial charge in [-0.25, -0.2) is 5.57 Å². The van der Waals surface area contributed by atoms with Crippen molar-refractivity contribution in [3.05, 3.63) is 124 Å². The molecule has 53 heavy (non-hydrogen) atoms. The molecule has 0 heterocycles. The van der Waals surface area contributed by atoms with E-state index in [0.29, 0.717) is 11.3 Å². The third-order valence-electron chi connectivity index (χ3n) is 14.0. The van der Waals surface area contributed by atoms with Crippen LogP contribution in [0.5, 0.6) is 0 Å². The zero-order chi connectivity index (χ0) is 37.4. The summed E-state index contributed by atoms with van der Waals surface area (Å²) in [6, 6.07) is 22.7. The molecule has 1 heteroatoms. The van der Waals surface area contributed by atoms with Gasteiger partial charge in [0.05, 0.1) is 0 Å². The summed E-state index contributed by atoms with van der Waals surface area (Å²) in [7, 11) is 0. The minimum absolute atomic E-state index is 0.139. The topological polar surface area (TPSA) is 0 Å². The zero-order valence-electron chi connectivity index (χ0n) is 34.0. The summed E-state index contributed by atoms with van der Waals surface area (Å²) in [5.41, 5.74) is 14.1. The number of fused-ring (bicyclic) bond motifs is 5. The maximum absolute atomic E-state index is 3.57. The first-order chi connectivity index (χ1) is 25.1. The zero-order valence-corrected chi connectivity index (χ0v) is 36.4. The van der Waals surface area contributed by atoms with Gasteiger partial charge in [-0.1, -0.05) is 89.3 Å². The van der Waals surface area contributed by atoms with Gasteiger partial charge in [0, 0.05) is 10.8 Å². The van der Waals surface area contributed by atoms with E-state index in [0.717, 1.165) is 17.8 Å². The second-order valence-corrected chi connectivity index (χ2v) is 20.7. The predicted octanol–water partition coefficient (Wildman–Crippen LogP) is 14.2. The average Bonchev–Trinajstić information content (AvgIpc) is 3.76. The second kappa shape index (κ2) is 13.8. The Morgan fingerprint density at radius 3 is 1.68 bits per heavy atom. The molecule has 0 radical (unpaired) electrons. The van der Waals surface area contributed by atoms with Crippen LogP contribution in [-0.4, -0.2) is 3.21 Å². The molecule has 4 aromatic rings. The van der Waals surface area contributed by atoms with Crippen molar-refractivity contribution in [1.82, 2.24) is 0 Å². The number of hydrogen-bond donors (Lipinski definition) is 0. The summed E-state index contributed by atoms with van der Waals surface area (Å²) in [6.07, 6.45) is 22.7. The van der Waals surface area contributed by atoms with Crippen molar-refractivity contribution in [1.29, 1.82) is 0 Å². The van der Waals surface area contributed by atoms with Crippen molar-refractivity contribution in [3.63, 3.8) is 0 Å². The van der Waals surface area contributed by atoms with Crippen LogP contribution in [-0.2, 0) is 35.1 Å². The fourth-order valence-electron chi connectivity index (χ4n) is 12.1. The van der Waals surface area contributed by atoms with Gasteiger partial charge in [0.15, 0.2) is 0 Å². The second-order valence-electron chi connectivity index (χ2n) is 19.3. The normalized spacial score (nSPS) is 28.0. The van der Waals surface area contributed by atoms with Gasteiger partial charge >= 0.3 is 76.7 Å². The van der Waals surface area contributed by atoms with Crippen LogP contribution in [0.15, 0.2) is 90.0 Å². The molecule has 4 saturated carbocycles. The molecule has 0 N–H and O–H groups in total. The van der Waals surface area contributed by atoms with Crippen LogP contribution in [0.2, 0.25) is 0 Å². The van der Waals surface area contributed by atoms with E-state index in [1.807, 2.05) is 0 Å². The van der Waals surface area contributed by atoms with Gasteiger partial charge in [0.2, 0.25) is 0 Å². The molecular weight excluding hydrogens is 716 g/mol. The Balaban J connectivity index is 0.000000125. The van der Waals surface area contributed by atoms with Gasteiger partial charge in [-0.2, -0.15) is 11.6 Å². The van der Waals surface area contributed by atoms with Crippen molar-refractivity contribution in [3.8, 4) is 0 Å². The van der Waals surface area contributed by atoms with E-state index in [1.165, 1.54) is 103 Å². The fraction of sp³-hybridized carbons (Fsp3) is 0.462. The third-order valence-corrected chi connectivity index (χ3v) is 15.5. The molecule has 7 aliphatic carbocycles. The number of allylic oxidation sites excluding steroid dienone is 8. The Morgan fingerprint density at radius 1 is 0.755 bits per heavy atom. The van der Waals surface area contributed by atoms with Crippen LogP contribution in [0.25, 0.3) is 32.7 Å². The molecule has 4 bridgehead atoms. The van der Waals surface area contributed by atoms with Crippen LogP contribution in [0.3, 0.4) is 0 Å². The van der Waals surface area contributed by atoms with Crippen molar-refractivity contribution < 1.29 is 24.2 Å². The van der Waals surface area contributed by atoms with Gasteiger partial charge in [0.25, 0.3) is 0 Å². The molecule has 272 valence electrons. The van der Waals surface area contributed by atoms with Crippen LogP contribution >= 0.6 is 0 Å². The molecule has 0 spiro atoms. The standard InChI is InChI=1S/C25H25.C18H25.C9H10.Zr/c1-14-12-24(3,4)22-8-16-7-17-9-23-19(15(2)13-25(23,5)6)11-21(17)20(16)10-18(14)22;1-12-3-13(2)17(4-12)11-18-8-14-5-15(9-18)7-16(6-14)10-18;1-2-6-9-7-4-3-5-8-9;/h7-13H,1-6H3;4,12,14-16H,5-11H2,1-2H3;3-5,7-8H,2H2,1H3;/q2*-1;;+2. The van der Waals surface area contributed by atoms with Crippen molar-refractivity contribution in [2.24, 2.45) is 29.1 Å². The average molecular weight is 776 g/mol. The van der Waals surface area contributed by atoms with E-state index < -0.39 is 0 Å². The van der Waals surface area contributed by atoms with E-state index in [2.05, 4.69) is 147 Å². The van der Waals surface area contributed by atoms with Crippen LogP contribution in [0.4, 0.5) is 0 Å². The van der Waals surface area contributed by atoms with Crippen molar-refractivity contribution in [2.45, 2.75) is 125 Å². The van der Waals surface area contributed by atoms with E-state index in [9.17, 15) is 0 Å². The molecule has 1 unspecified atom stereocenters. The van der Waals surface area contributed by atoms with E-state index in [-0.39, 0.29) is 10.8 Å². The molecule has 0 amide bonds. The van der Waals surface area contributed by atoms with E-state index in [1.54, 1.807) is 47.3 Å². The first-order valence-corrected chi connectivity index (χ1v) is 21.9. The molecule has 4 aromatic carbocycles. The SMILES string of the molecule is CC1=CC(C)(C)c2cc3[cH-]c4cc5c(cc4c3cc21)C(C)=CC5(C)C.CC1=[C-]C(C)C=C1CC12CC3CC(CC(C3)C1)C2.CC[C](=[Zr+2])c1ccccc1. The van der Waals surface area contributed by atoms with Crippen LogP contribution < -0.4 is 0 Å². The quantitative estimate of drug-likeness (QED) is 0.181. The maximum atomic E-state index is 3.57. The first kappa shape index (κ1) is 37.2. The van der Waals surface area contributed by atoms with Crippen molar-refractivity contribution >= 4 is 35.9 Å². The molecule has 7 aliphatic rings. The Labute approximate surface area is 335 Å². The van der Waals surface area contributed by atoms with Gasteiger partial charge in [0.1, 0.15) is 0 Å². The molecule has 0 nitrogen and oxygen atoms in total. The van der Waals surface area contributed by atoms with Gasteiger partial charge in [-0.15, -0.1) is 39.7 Å². The first-order valence-electron chi connectivity index (χ1n) is 20.7. The van der Waals surface area contributed by atoms with Crippen molar-refractivity contribution in [2.75, 3.05) is 0 Å². The molecule has 11 rings (SSSR count). The summed E-state index contributed by atoms with van der Waals surface area (Å²) in [5, 5.41) is 5.57. The Hall–Kier alpha value is -2.76. The summed E-state index contributed by atoms with van der Waals surface area (Å²) in [4.78, 5) is 0. The summed E-state index contributed by atoms with van der Waals surface area (Å²) >= 11 is 1.54. The number of rotatable bonds is 4. The Morgan fingerprint density at radius 2 is 1.25 bits per heavy atom. The van der Waals surface area contributed by atoms with Crippen LogP contribution in [0.1, 0.15) is 141 Å². The molecule has 1 atom stereocenters. The number of hydrogen-bond acceptors (Lipinski definition) is 0. The molecule has 0 aliphatic heterocycles. The molecule has 0 saturated heterocycles. The fourth-order valence-corrected chi connectivity index (χ4v) is 12.5.